The van der Waals surface area contributed by atoms with Crippen LogP contribution in [0, 0.1) is 0 Å². The van der Waals surface area contributed by atoms with E-state index in [1.165, 1.54) is 25.3 Å². The summed E-state index contributed by atoms with van der Waals surface area (Å²) in [7, 11) is 1.23. The van der Waals surface area contributed by atoms with Crippen molar-refractivity contribution >= 4 is 11.0 Å². The van der Waals surface area contributed by atoms with Gasteiger partial charge in [0.15, 0.2) is 23.5 Å². The lowest BCUT2D eigenvalue weighted by molar-refractivity contribution is -0.323. The van der Waals surface area contributed by atoms with Crippen LogP contribution in [0.4, 0.5) is 0 Å². The molecule has 3 aromatic rings. The quantitative estimate of drug-likeness (QED) is 0.0863. The lowest BCUT2D eigenvalue weighted by atomic mass is 9.98. The first-order valence-corrected chi connectivity index (χ1v) is 17.1. The number of rotatable bonds is 11. The molecule has 3 aliphatic heterocycles. The van der Waals surface area contributed by atoms with E-state index < -0.39 is 140 Å². The van der Waals surface area contributed by atoms with Crippen molar-refractivity contribution in [2.45, 2.75) is 92.1 Å². The van der Waals surface area contributed by atoms with E-state index in [1.807, 2.05) is 0 Å². The Kier molecular flexibility index (Phi) is 12.6. The summed E-state index contributed by atoms with van der Waals surface area (Å²) in [6.45, 7) is -2.24. The van der Waals surface area contributed by atoms with Crippen LogP contribution in [-0.2, 0) is 18.9 Å². The van der Waals surface area contributed by atoms with Crippen molar-refractivity contribution in [1.29, 1.82) is 0 Å². The second kappa shape index (κ2) is 16.9. The molecule has 1 aromatic heterocycles. The fourth-order valence-electron chi connectivity index (χ4n) is 6.40. The van der Waals surface area contributed by atoms with Crippen molar-refractivity contribution in [3.05, 3.63) is 40.6 Å². The molecule has 0 amide bonds. The van der Waals surface area contributed by atoms with E-state index in [9.17, 15) is 71.2 Å². The molecule has 0 spiro atoms. The Morgan fingerprint density at radius 3 is 1.75 bits per heavy atom. The molecule has 0 radical (unpaired) electrons. The lowest BCUT2D eigenvalue weighted by Gasteiger charge is -2.42. The topological polar surface area (TPSA) is 358 Å². The van der Waals surface area contributed by atoms with Gasteiger partial charge in [-0.05, 0) is 18.2 Å². The Labute approximate surface area is 314 Å². The van der Waals surface area contributed by atoms with Crippen LogP contribution in [0.3, 0.4) is 0 Å². The van der Waals surface area contributed by atoms with Crippen LogP contribution in [0.15, 0.2) is 39.5 Å². The highest BCUT2D eigenvalue weighted by atomic mass is 16.7. The maximum atomic E-state index is 14.2. The minimum absolute atomic E-state index is 0.00165. The normalized spacial score (nSPS) is 36.3. The number of hydrogen-bond donors (Lipinski definition) is 13. The summed E-state index contributed by atoms with van der Waals surface area (Å²) >= 11 is 0. The van der Waals surface area contributed by atoms with E-state index in [0.717, 1.165) is 12.1 Å². The monoisotopic (exact) mass is 802 g/mol. The summed E-state index contributed by atoms with van der Waals surface area (Å²) in [6, 6.07) is 5.68. The summed E-state index contributed by atoms with van der Waals surface area (Å²) in [5, 5.41) is 133. The third-order valence-electron chi connectivity index (χ3n) is 9.62. The highest BCUT2D eigenvalue weighted by molar-refractivity contribution is 5.88. The first kappa shape index (κ1) is 41.7. The Hall–Kier alpha value is -3.95. The fourth-order valence-corrected chi connectivity index (χ4v) is 6.40. The molecule has 13 N–H and O–H groups in total. The Morgan fingerprint density at radius 1 is 0.625 bits per heavy atom. The van der Waals surface area contributed by atoms with E-state index >= 15 is 0 Å². The standard InChI is InChI=1S/C34H42O22/c1-49-14-4-10(2-3-12(14)37)30-31(23(42)19-13(38)5-11(6-15(19)52-30)51-33-28(47)25(44)21(40)17(8-36)54-33)56-34-29(48)26(45)22(41)18(55-34)9-50-32-27(46)24(43)20(39)16(7-35)53-32/h2-6,16-18,20-22,24-29,32-41,43-48H,7-9H2,1H3/t16-,17+,18-,20-,21-,22-,24+,25+,26+,27-,28+,29-,32-,33-,34+/m1/s1. The van der Waals surface area contributed by atoms with Gasteiger partial charge in [-0.3, -0.25) is 4.79 Å². The molecule has 3 fully saturated rings. The molecular formula is C34H42O22. The Morgan fingerprint density at radius 2 is 1.16 bits per heavy atom. The van der Waals surface area contributed by atoms with E-state index in [1.54, 1.807) is 0 Å². The van der Waals surface area contributed by atoms with Gasteiger partial charge < -0.3 is 104 Å². The number of methoxy groups -OCH3 is 1. The number of ether oxygens (including phenoxy) is 7. The lowest BCUT2D eigenvalue weighted by Crippen LogP contribution is -2.62. The van der Waals surface area contributed by atoms with Crippen molar-refractivity contribution in [3.63, 3.8) is 0 Å². The number of benzene rings is 2. The SMILES string of the molecule is COc1cc(-c2oc3cc(O[C@@H]4O[C@@H](CO)[C@@H](O)[C@H](O)[C@@H]4O)cc(O)c3c(=O)c2O[C@@H]2O[C@H](CO[C@@H]3O[C@H](CO)[C@@H](O)[C@H](O)[C@H]3O)[C@@H](O)[C@H](O)[C@H]2O)ccc1O. The van der Waals surface area contributed by atoms with Crippen LogP contribution in [0.5, 0.6) is 28.7 Å². The van der Waals surface area contributed by atoms with Crippen molar-refractivity contribution < 1.29 is 104 Å². The second-order valence-corrected chi connectivity index (χ2v) is 13.3. The average molecular weight is 803 g/mol. The zero-order valence-electron chi connectivity index (χ0n) is 29.2. The van der Waals surface area contributed by atoms with Gasteiger partial charge in [0.25, 0.3) is 0 Å². The maximum absolute atomic E-state index is 14.2. The predicted molar refractivity (Wildman–Crippen MR) is 179 cm³/mol. The Balaban J connectivity index is 1.34. The smallest absolute Gasteiger partial charge is 0.239 e. The van der Waals surface area contributed by atoms with Crippen molar-refractivity contribution in [3.8, 4) is 40.1 Å². The number of fused-ring (bicyclic) bond motifs is 1. The van der Waals surface area contributed by atoms with Crippen LogP contribution in [0.1, 0.15) is 0 Å². The number of phenols is 2. The molecule has 3 aliphatic rings. The first-order valence-electron chi connectivity index (χ1n) is 17.1. The van der Waals surface area contributed by atoms with Crippen molar-refractivity contribution in [1.82, 2.24) is 0 Å². The first-order chi connectivity index (χ1) is 26.6. The van der Waals surface area contributed by atoms with Gasteiger partial charge in [0.1, 0.15) is 95.7 Å². The van der Waals surface area contributed by atoms with Gasteiger partial charge in [-0.2, -0.15) is 0 Å². The molecule has 0 bridgehead atoms. The van der Waals surface area contributed by atoms with Gasteiger partial charge in [-0.15, -0.1) is 0 Å². The Bertz CT molecular complexity index is 1880. The average Bonchev–Trinajstić information content (AvgIpc) is 3.18. The summed E-state index contributed by atoms with van der Waals surface area (Å²) in [6.07, 6.45) is -26.2. The molecule has 6 rings (SSSR count). The minimum Gasteiger partial charge on any atom is -0.507 e. The summed E-state index contributed by atoms with van der Waals surface area (Å²) < 4.78 is 44.4. The highest BCUT2D eigenvalue weighted by Gasteiger charge is 2.49. The summed E-state index contributed by atoms with van der Waals surface area (Å²) in [4.78, 5) is 14.2. The van der Waals surface area contributed by atoms with Crippen LogP contribution in [-0.4, -0.2) is 185 Å². The summed E-state index contributed by atoms with van der Waals surface area (Å²) in [5.41, 5.74) is -1.48. The molecule has 15 atom stereocenters. The third-order valence-corrected chi connectivity index (χ3v) is 9.62. The third kappa shape index (κ3) is 7.83. The van der Waals surface area contributed by atoms with Crippen LogP contribution in [0.25, 0.3) is 22.3 Å². The van der Waals surface area contributed by atoms with E-state index in [-0.39, 0.29) is 28.4 Å². The molecule has 0 saturated carbocycles. The van der Waals surface area contributed by atoms with Gasteiger partial charge in [0.05, 0.1) is 26.9 Å². The van der Waals surface area contributed by atoms with E-state index in [4.69, 9.17) is 37.6 Å². The molecular weight excluding hydrogens is 760 g/mol. The second-order valence-electron chi connectivity index (χ2n) is 13.3. The number of hydrogen-bond acceptors (Lipinski definition) is 22. The number of aliphatic hydroxyl groups is 11. The van der Waals surface area contributed by atoms with Crippen molar-refractivity contribution in [2.75, 3.05) is 26.9 Å². The summed E-state index contributed by atoms with van der Waals surface area (Å²) in [5.74, 6) is -2.69. The van der Waals surface area contributed by atoms with Crippen LogP contribution in [0.2, 0.25) is 0 Å². The van der Waals surface area contributed by atoms with E-state index in [2.05, 4.69) is 0 Å². The highest BCUT2D eigenvalue weighted by Crippen LogP contribution is 2.40. The van der Waals surface area contributed by atoms with Gasteiger partial charge in [0.2, 0.25) is 23.8 Å². The van der Waals surface area contributed by atoms with Gasteiger partial charge in [-0.25, -0.2) is 0 Å². The van der Waals surface area contributed by atoms with Crippen molar-refractivity contribution in [2.24, 2.45) is 0 Å². The molecule has 3 saturated heterocycles. The number of phenolic OH excluding ortho intramolecular Hbond substituents is 2. The number of aromatic hydroxyl groups is 2. The molecule has 56 heavy (non-hydrogen) atoms. The van der Waals surface area contributed by atoms with Gasteiger partial charge in [0, 0.05) is 17.7 Å². The maximum Gasteiger partial charge on any atom is 0.239 e. The zero-order chi connectivity index (χ0) is 40.7. The molecule has 22 nitrogen and oxygen atoms in total. The molecule has 310 valence electrons. The van der Waals surface area contributed by atoms with Crippen LogP contribution >= 0.6 is 0 Å². The molecule has 0 unspecified atom stereocenters. The van der Waals surface area contributed by atoms with E-state index in [0.29, 0.717) is 0 Å². The zero-order valence-corrected chi connectivity index (χ0v) is 29.2. The molecule has 22 heteroatoms. The molecule has 2 aromatic carbocycles. The number of aliphatic hydroxyl groups excluding tert-OH is 11. The molecule has 4 heterocycles. The largest absolute Gasteiger partial charge is 0.507 e. The molecule has 0 aliphatic carbocycles. The van der Waals surface area contributed by atoms with Gasteiger partial charge in [-0.1, -0.05) is 0 Å². The minimum atomic E-state index is -2.06. The van der Waals surface area contributed by atoms with Crippen LogP contribution < -0.4 is 19.6 Å². The predicted octanol–water partition coefficient (Wildman–Crippen LogP) is -4.94. The fraction of sp³-hybridized carbons (Fsp3) is 0.559. The van der Waals surface area contributed by atoms with Gasteiger partial charge >= 0.3 is 0 Å².